The minimum Gasteiger partial charge on any atom is -0.486 e. The number of nitrogens with zero attached hydrogens (tertiary/aromatic N) is 1. The lowest BCUT2D eigenvalue weighted by atomic mass is 9.82. The molecular formula is C15H15NO6. The Kier molecular flexibility index (Phi) is 3.27. The first-order valence-corrected chi connectivity index (χ1v) is 6.98. The van der Waals surface area contributed by atoms with E-state index in [0.717, 1.165) is 0 Å². The summed E-state index contributed by atoms with van der Waals surface area (Å²) in [6.07, 6.45) is 0.0795. The van der Waals surface area contributed by atoms with Crippen LogP contribution in [0.4, 0.5) is 4.79 Å². The van der Waals surface area contributed by atoms with Gasteiger partial charge in [0.2, 0.25) is 0 Å². The van der Waals surface area contributed by atoms with Crippen molar-refractivity contribution < 1.29 is 29.3 Å². The molecule has 0 bridgehead atoms. The van der Waals surface area contributed by atoms with E-state index in [9.17, 15) is 14.4 Å². The molecule has 0 radical (unpaired) electrons. The van der Waals surface area contributed by atoms with E-state index in [1.54, 1.807) is 0 Å². The van der Waals surface area contributed by atoms with Gasteiger partial charge in [-0.2, -0.15) is 0 Å². The van der Waals surface area contributed by atoms with E-state index in [2.05, 4.69) is 0 Å². The van der Waals surface area contributed by atoms with Gasteiger partial charge in [-0.3, -0.25) is 4.79 Å². The zero-order chi connectivity index (χ0) is 15.9. The molecule has 2 aliphatic rings. The highest BCUT2D eigenvalue weighted by molar-refractivity contribution is 6.02. The molecule has 1 amide bonds. The predicted molar refractivity (Wildman–Crippen MR) is 74.5 cm³/mol. The number of hydrogen-bond acceptors (Lipinski definition) is 4. The molecule has 0 saturated carbocycles. The molecule has 1 spiro atoms. The molecule has 0 aliphatic carbocycles. The molecule has 2 aliphatic heterocycles. The number of amides is 1. The van der Waals surface area contributed by atoms with Gasteiger partial charge in [0, 0.05) is 25.9 Å². The average Bonchev–Trinajstić information content (AvgIpc) is 2.47. The number of rotatable bonds is 1. The van der Waals surface area contributed by atoms with E-state index >= 15 is 0 Å². The van der Waals surface area contributed by atoms with Gasteiger partial charge in [0.25, 0.3) is 0 Å². The third-order valence-corrected chi connectivity index (χ3v) is 4.28. The Morgan fingerprint density at radius 1 is 1.18 bits per heavy atom. The van der Waals surface area contributed by atoms with Gasteiger partial charge in [0.15, 0.2) is 5.78 Å². The van der Waals surface area contributed by atoms with Gasteiger partial charge in [-0.05, 0) is 18.2 Å². The number of aromatic carboxylic acids is 1. The Hall–Kier alpha value is -2.57. The number of ketones is 1. The second kappa shape index (κ2) is 5.01. The van der Waals surface area contributed by atoms with Crippen LogP contribution in [0.25, 0.3) is 0 Å². The number of benzene rings is 1. The molecule has 1 aromatic rings. The summed E-state index contributed by atoms with van der Waals surface area (Å²) in [6, 6.07) is 4.24. The fraction of sp³-hybridized carbons (Fsp3) is 0.400. The zero-order valence-corrected chi connectivity index (χ0v) is 11.7. The number of carboxylic acids is 1. The lowest BCUT2D eigenvalue weighted by Gasteiger charge is -2.43. The lowest BCUT2D eigenvalue weighted by molar-refractivity contribution is -0.00520. The quantitative estimate of drug-likeness (QED) is 0.820. The molecular weight excluding hydrogens is 290 g/mol. The number of fused-ring (bicyclic) bond motifs is 1. The number of Topliss-reactive ketones (excluding diaryl/α,β-unsaturated/α-hetero) is 1. The molecule has 0 unspecified atom stereocenters. The van der Waals surface area contributed by atoms with Crippen molar-refractivity contribution >= 4 is 17.8 Å². The van der Waals surface area contributed by atoms with E-state index in [4.69, 9.17) is 14.9 Å². The Bertz CT molecular complexity index is 660. The molecule has 22 heavy (non-hydrogen) atoms. The van der Waals surface area contributed by atoms with Crippen molar-refractivity contribution in [2.24, 2.45) is 0 Å². The van der Waals surface area contributed by atoms with Crippen molar-refractivity contribution in [1.29, 1.82) is 0 Å². The summed E-state index contributed by atoms with van der Waals surface area (Å²) in [5.74, 6) is -0.871. The molecule has 7 heteroatoms. The van der Waals surface area contributed by atoms with Crippen molar-refractivity contribution in [1.82, 2.24) is 4.90 Å². The summed E-state index contributed by atoms with van der Waals surface area (Å²) in [6.45, 7) is 0.649. The summed E-state index contributed by atoms with van der Waals surface area (Å²) in [4.78, 5) is 35.6. The van der Waals surface area contributed by atoms with Gasteiger partial charge in [0.1, 0.15) is 11.4 Å². The van der Waals surface area contributed by atoms with Crippen LogP contribution in [0, 0.1) is 0 Å². The molecule has 0 atom stereocenters. The molecule has 1 saturated heterocycles. The maximum Gasteiger partial charge on any atom is 0.407 e. The Balaban J connectivity index is 1.85. The van der Waals surface area contributed by atoms with Gasteiger partial charge in [0.05, 0.1) is 17.5 Å². The van der Waals surface area contributed by atoms with Crippen LogP contribution in [0.15, 0.2) is 18.2 Å². The molecule has 7 nitrogen and oxygen atoms in total. The number of carbonyl (C=O) groups excluding carboxylic acids is 1. The normalized spacial score (nSPS) is 19.5. The highest BCUT2D eigenvalue weighted by atomic mass is 16.5. The first-order chi connectivity index (χ1) is 10.4. The molecule has 0 aromatic heterocycles. The van der Waals surface area contributed by atoms with Gasteiger partial charge >= 0.3 is 12.1 Å². The van der Waals surface area contributed by atoms with E-state index in [1.165, 1.54) is 23.1 Å². The maximum absolute atomic E-state index is 12.3. The monoisotopic (exact) mass is 305 g/mol. The number of ether oxygens (including phenoxy) is 1. The summed E-state index contributed by atoms with van der Waals surface area (Å²) in [7, 11) is 0. The third-order valence-electron chi connectivity index (χ3n) is 4.28. The number of carboxylic acid groups (broad SMARTS) is 2. The van der Waals surface area contributed by atoms with Crippen molar-refractivity contribution in [2.75, 3.05) is 13.1 Å². The van der Waals surface area contributed by atoms with Gasteiger partial charge in [-0.1, -0.05) is 0 Å². The molecule has 2 heterocycles. The topological polar surface area (TPSA) is 104 Å². The first-order valence-electron chi connectivity index (χ1n) is 6.98. The maximum atomic E-state index is 12.3. The van der Waals surface area contributed by atoms with Crippen molar-refractivity contribution in [3.05, 3.63) is 29.3 Å². The summed E-state index contributed by atoms with van der Waals surface area (Å²) < 4.78 is 5.96. The molecule has 3 rings (SSSR count). The lowest BCUT2D eigenvalue weighted by Crippen LogP contribution is -2.52. The second-order valence-corrected chi connectivity index (χ2v) is 5.67. The Labute approximate surface area is 126 Å². The minimum absolute atomic E-state index is 0.0485. The van der Waals surface area contributed by atoms with Crippen LogP contribution < -0.4 is 4.74 Å². The largest absolute Gasteiger partial charge is 0.486 e. The number of piperidine rings is 1. The standard InChI is InChI=1S/C15H15NO6/c17-11-8-15(3-5-16(6-4-15)14(20)21)22-12-2-1-9(13(18)19)7-10(11)12/h1-2,7H,3-6,8H2,(H,18,19)(H,20,21). The van der Waals surface area contributed by atoms with E-state index in [-0.39, 0.29) is 23.3 Å². The second-order valence-electron chi connectivity index (χ2n) is 5.67. The Morgan fingerprint density at radius 3 is 2.45 bits per heavy atom. The third kappa shape index (κ3) is 2.38. The molecule has 1 aromatic carbocycles. The number of likely N-dealkylation sites (tertiary alicyclic amines) is 1. The van der Waals surface area contributed by atoms with Crippen molar-refractivity contribution in [2.45, 2.75) is 24.9 Å². The summed E-state index contributed by atoms with van der Waals surface area (Å²) >= 11 is 0. The predicted octanol–water partition coefficient (Wildman–Crippen LogP) is 1.86. The van der Waals surface area contributed by atoms with Gasteiger partial charge in [-0.25, -0.2) is 9.59 Å². The molecule has 2 N–H and O–H groups in total. The van der Waals surface area contributed by atoms with Gasteiger partial charge in [-0.15, -0.1) is 0 Å². The fourth-order valence-electron chi connectivity index (χ4n) is 3.01. The van der Waals surface area contributed by atoms with E-state index in [0.29, 0.717) is 31.7 Å². The Morgan fingerprint density at radius 2 is 1.86 bits per heavy atom. The highest BCUT2D eigenvalue weighted by Gasteiger charge is 2.43. The van der Waals surface area contributed by atoms with Crippen molar-refractivity contribution in [3.8, 4) is 5.75 Å². The first kappa shape index (κ1) is 14.4. The zero-order valence-electron chi connectivity index (χ0n) is 11.7. The molecule has 116 valence electrons. The highest BCUT2D eigenvalue weighted by Crippen LogP contribution is 2.39. The van der Waals surface area contributed by atoms with Crippen LogP contribution in [0.3, 0.4) is 0 Å². The van der Waals surface area contributed by atoms with Crippen LogP contribution in [-0.4, -0.2) is 51.6 Å². The summed E-state index contributed by atoms with van der Waals surface area (Å²) in [5.41, 5.74) is -0.348. The average molecular weight is 305 g/mol. The smallest absolute Gasteiger partial charge is 0.407 e. The number of hydrogen-bond donors (Lipinski definition) is 2. The van der Waals surface area contributed by atoms with E-state index < -0.39 is 17.7 Å². The van der Waals surface area contributed by atoms with Crippen LogP contribution >= 0.6 is 0 Å². The summed E-state index contributed by atoms with van der Waals surface area (Å²) in [5, 5.41) is 18.0. The van der Waals surface area contributed by atoms with Crippen LogP contribution in [-0.2, 0) is 0 Å². The van der Waals surface area contributed by atoms with E-state index in [1.807, 2.05) is 0 Å². The van der Waals surface area contributed by atoms with Gasteiger partial charge < -0.3 is 19.8 Å². The van der Waals surface area contributed by atoms with Crippen LogP contribution in [0.2, 0.25) is 0 Å². The SMILES string of the molecule is O=C(O)c1ccc2c(c1)C(=O)CC1(CCN(C(=O)O)CC1)O2. The minimum atomic E-state index is -1.09. The fourth-order valence-corrected chi connectivity index (χ4v) is 3.01. The molecule has 1 fully saturated rings. The van der Waals surface area contributed by atoms with Crippen LogP contribution in [0.1, 0.15) is 40.0 Å². The van der Waals surface area contributed by atoms with Crippen molar-refractivity contribution in [3.63, 3.8) is 0 Å². The number of carbonyl (C=O) groups is 3. The van der Waals surface area contributed by atoms with Crippen LogP contribution in [0.5, 0.6) is 5.75 Å².